The summed E-state index contributed by atoms with van der Waals surface area (Å²) in [6.07, 6.45) is 0. The van der Waals surface area contributed by atoms with Crippen molar-refractivity contribution in [3.63, 3.8) is 0 Å². The molecular formula is C21H24FN3O. The third-order valence-electron chi connectivity index (χ3n) is 4.77. The minimum atomic E-state index is -0.268. The molecule has 1 heterocycles. The van der Waals surface area contributed by atoms with Crippen LogP contribution in [0, 0.1) is 11.2 Å². The highest BCUT2D eigenvalue weighted by molar-refractivity contribution is 6.05. The van der Waals surface area contributed by atoms with E-state index >= 15 is 0 Å². The number of rotatable bonds is 4. The van der Waals surface area contributed by atoms with E-state index in [1.807, 2.05) is 31.2 Å². The van der Waals surface area contributed by atoms with Crippen molar-refractivity contribution in [2.24, 2.45) is 5.41 Å². The molecule has 1 atom stereocenters. The van der Waals surface area contributed by atoms with Crippen LogP contribution in [0.1, 0.15) is 43.7 Å². The number of benzene rings is 2. The van der Waals surface area contributed by atoms with Crippen molar-refractivity contribution >= 4 is 16.8 Å². The van der Waals surface area contributed by atoms with Crippen molar-refractivity contribution in [2.75, 3.05) is 0 Å². The number of hydrogen-bond donors (Lipinski definition) is 1. The van der Waals surface area contributed by atoms with E-state index in [2.05, 4.69) is 31.2 Å². The molecule has 1 unspecified atom stereocenters. The monoisotopic (exact) mass is 353 g/mol. The third-order valence-corrected chi connectivity index (χ3v) is 4.77. The molecule has 0 aliphatic heterocycles. The van der Waals surface area contributed by atoms with Gasteiger partial charge in [0.1, 0.15) is 5.82 Å². The summed E-state index contributed by atoms with van der Waals surface area (Å²) in [6, 6.07) is 14.0. The van der Waals surface area contributed by atoms with Crippen molar-refractivity contribution < 1.29 is 9.18 Å². The molecule has 26 heavy (non-hydrogen) atoms. The number of amides is 1. The Morgan fingerprint density at radius 2 is 1.81 bits per heavy atom. The number of carbonyl (C=O) groups excluding carboxylic acids is 1. The van der Waals surface area contributed by atoms with Crippen molar-refractivity contribution in [3.05, 3.63) is 65.6 Å². The van der Waals surface area contributed by atoms with Gasteiger partial charge in [0.25, 0.3) is 5.91 Å². The first kappa shape index (κ1) is 18.1. The van der Waals surface area contributed by atoms with E-state index in [4.69, 9.17) is 0 Å². The zero-order valence-corrected chi connectivity index (χ0v) is 15.6. The van der Waals surface area contributed by atoms with Gasteiger partial charge in [0.15, 0.2) is 5.69 Å². The molecule has 3 rings (SSSR count). The number of nitrogens with one attached hydrogen (secondary N) is 1. The van der Waals surface area contributed by atoms with Gasteiger partial charge in [0.2, 0.25) is 0 Å². The quantitative estimate of drug-likeness (QED) is 0.756. The fourth-order valence-corrected chi connectivity index (χ4v) is 2.66. The summed E-state index contributed by atoms with van der Waals surface area (Å²) < 4.78 is 14.9. The first-order valence-electron chi connectivity index (χ1n) is 8.76. The highest BCUT2D eigenvalue weighted by Crippen LogP contribution is 2.22. The molecule has 0 saturated carbocycles. The van der Waals surface area contributed by atoms with Crippen molar-refractivity contribution in [1.29, 1.82) is 0 Å². The highest BCUT2D eigenvalue weighted by Gasteiger charge is 2.24. The topological polar surface area (TPSA) is 46.9 Å². The van der Waals surface area contributed by atoms with Gasteiger partial charge in [-0.15, -0.1) is 0 Å². The van der Waals surface area contributed by atoms with E-state index in [0.717, 1.165) is 16.5 Å². The van der Waals surface area contributed by atoms with Gasteiger partial charge in [-0.3, -0.25) is 9.48 Å². The Balaban J connectivity index is 1.94. The molecule has 5 heteroatoms. The van der Waals surface area contributed by atoms with E-state index in [9.17, 15) is 9.18 Å². The Morgan fingerprint density at radius 1 is 1.15 bits per heavy atom. The van der Waals surface area contributed by atoms with Crippen molar-refractivity contribution in [3.8, 4) is 0 Å². The Morgan fingerprint density at radius 3 is 2.46 bits per heavy atom. The Hall–Kier alpha value is -2.69. The number of carbonyl (C=O) groups is 1. The SMILES string of the molecule is CC(NC(=O)c1nn(Cc2ccc(F)cc2)c2ccccc12)C(C)(C)C. The molecule has 0 saturated heterocycles. The van der Waals surface area contributed by atoms with Gasteiger partial charge in [0, 0.05) is 11.4 Å². The highest BCUT2D eigenvalue weighted by atomic mass is 19.1. The number of halogens is 1. The lowest BCUT2D eigenvalue weighted by atomic mass is 9.88. The second-order valence-corrected chi connectivity index (χ2v) is 7.71. The maximum Gasteiger partial charge on any atom is 0.272 e. The molecule has 1 amide bonds. The minimum Gasteiger partial charge on any atom is -0.348 e. The second-order valence-electron chi connectivity index (χ2n) is 7.71. The number of fused-ring (bicyclic) bond motifs is 1. The van der Waals surface area contributed by atoms with Crippen molar-refractivity contribution in [2.45, 2.75) is 40.3 Å². The molecular weight excluding hydrogens is 329 g/mol. The summed E-state index contributed by atoms with van der Waals surface area (Å²) in [7, 11) is 0. The van der Waals surface area contributed by atoms with Crippen LogP contribution in [0.3, 0.4) is 0 Å². The smallest absolute Gasteiger partial charge is 0.272 e. The summed E-state index contributed by atoms with van der Waals surface area (Å²) in [6.45, 7) is 8.73. The van der Waals surface area contributed by atoms with E-state index in [1.54, 1.807) is 16.8 Å². The maximum atomic E-state index is 13.1. The first-order valence-corrected chi connectivity index (χ1v) is 8.76. The second kappa shape index (κ2) is 6.90. The normalized spacial score (nSPS) is 13.0. The van der Waals surface area contributed by atoms with E-state index in [0.29, 0.717) is 12.2 Å². The number of para-hydroxylation sites is 1. The van der Waals surface area contributed by atoms with Crippen LogP contribution in [0.15, 0.2) is 48.5 Å². The van der Waals surface area contributed by atoms with Gasteiger partial charge in [-0.05, 0) is 36.1 Å². The summed E-state index contributed by atoms with van der Waals surface area (Å²) >= 11 is 0. The average Bonchev–Trinajstić information content (AvgIpc) is 2.95. The molecule has 0 aliphatic rings. The average molecular weight is 353 g/mol. The fraction of sp³-hybridized carbons (Fsp3) is 0.333. The molecule has 4 nitrogen and oxygen atoms in total. The lowest BCUT2D eigenvalue weighted by Gasteiger charge is -2.27. The lowest BCUT2D eigenvalue weighted by molar-refractivity contribution is 0.0906. The molecule has 2 aromatic carbocycles. The molecule has 0 spiro atoms. The Bertz CT molecular complexity index is 923. The van der Waals surface area contributed by atoms with Crippen LogP contribution < -0.4 is 5.32 Å². The lowest BCUT2D eigenvalue weighted by Crippen LogP contribution is -2.41. The predicted octanol–water partition coefficient (Wildman–Crippen LogP) is 4.39. The fourth-order valence-electron chi connectivity index (χ4n) is 2.66. The first-order chi connectivity index (χ1) is 12.3. The van der Waals surface area contributed by atoms with Gasteiger partial charge >= 0.3 is 0 Å². The van der Waals surface area contributed by atoms with E-state index < -0.39 is 0 Å². The van der Waals surface area contributed by atoms with Crippen LogP contribution in [0.4, 0.5) is 4.39 Å². The molecule has 136 valence electrons. The summed E-state index contributed by atoms with van der Waals surface area (Å²) in [5, 5.41) is 8.41. The van der Waals surface area contributed by atoms with Crippen LogP contribution >= 0.6 is 0 Å². The summed E-state index contributed by atoms with van der Waals surface area (Å²) in [4.78, 5) is 12.8. The zero-order valence-electron chi connectivity index (χ0n) is 15.6. The number of nitrogens with zero attached hydrogens (tertiary/aromatic N) is 2. The maximum absolute atomic E-state index is 13.1. The van der Waals surface area contributed by atoms with Gasteiger partial charge in [-0.2, -0.15) is 5.10 Å². The van der Waals surface area contributed by atoms with Gasteiger partial charge in [0.05, 0.1) is 12.1 Å². The van der Waals surface area contributed by atoms with Gasteiger partial charge < -0.3 is 5.32 Å². The zero-order chi connectivity index (χ0) is 18.9. The van der Waals surface area contributed by atoms with Gasteiger partial charge in [-0.1, -0.05) is 51.1 Å². The molecule has 0 aliphatic carbocycles. The van der Waals surface area contributed by atoms with Gasteiger partial charge in [-0.25, -0.2) is 4.39 Å². The van der Waals surface area contributed by atoms with Crippen LogP contribution in [0.2, 0.25) is 0 Å². The minimum absolute atomic E-state index is 0.0102. The molecule has 0 bridgehead atoms. The summed E-state index contributed by atoms with van der Waals surface area (Å²) in [5.41, 5.74) is 2.18. The molecule has 1 aromatic heterocycles. The molecule has 0 fully saturated rings. The Labute approximate surface area is 153 Å². The van der Waals surface area contributed by atoms with Crippen LogP contribution in [0.25, 0.3) is 10.9 Å². The molecule has 0 radical (unpaired) electrons. The van der Waals surface area contributed by atoms with Crippen LogP contribution in [0.5, 0.6) is 0 Å². The summed E-state index contributed by atoms with van der Waals surface area (Å²) in [5.74, 6) is -0.447. The van der Waals surface area contributed by atoms with Crippen LogP contribution in [-0.2, 0) is 6.54 Å². The molecule has 1 N–H and O–H groups in total. The molecule has 3 aromatic rings. The number of aromatic nitrogens is 2. The number of hydrogen-bond acceptors (Lipinski definition) is 2. The van der Waals surface area contributed by atoms with E-state index in [-0.39, 0.29) is 23.2 Å². The van der Waals surface area contributed by atoms with Crippen molar-refractivity contribution in [1.82, 2.24) is 15.1 Å². The standard InChI is InChI=1S/C21H24FN3O/c1-14(21(2,3)4)23-20(26)19-17-7-5-6-8-18(17)25(24-19)13-15-9-11-16(22)12-10-15/h5-12,14H,13H2,1-4H3,(H,23,26). The predicted molar refractivity (Wildman–Crippen MR) is 102 cm³/mol. The largest absolute Gasteiger partial charge is 0.348 e. The Kier molecular flexibility index (Phi) is 4.81. The van der Waals surface area contributed by atoms with E-state index in [1.165, 1.54) is 12.1 Å². The third kappa shape index (κ3) is 3.77. The van der Waals surface area contributed by atoms with Crippen LogP contribution in [-0.4, -0.2) is 21.7 Å².